The molecule has 88 valence electrons. The maximum atomic E-state index is 4.35. The molecule has 0 aliphatic carbocycles. The second-order valence-electron chi connectivity index (χ2n) is 4.33. The third-order valence-corrected chi connectivity index (χ3v) is 8.13. The minimum absolute atomic E-state index is 0.818. The normalized spacial score (nSPS) is 17.3. The number of aromatic nitrogens is 1. The van der Waals surface area contributed by atoms with Crippen molar-refractivity contribution in [2.24, 2.45) is 0 Å². The molecule has 1 aromatic heterocycles. The van der Waals surface area contributed by atoms with Gasteiger partial charge in [-0.15, -0.1) is 0 Å². The van der Waals surface area contributed by atoms with Gasteiger partial charge in [0.2, 0.25) is 0 Å². The van der Waals surface area contributed by atoms with Crippen molar-refractivity contribution in [3.05, 3.63) is 42.7 Å². The molecule has 1 aliphatic rings. The first kappa shape index (κ1) is 10.8. The number of rotatable bonds is 2. The van der Waals surface area contributed by atoms with Gasteiger partial charge in [-0.1, -0.05) is 32.0 Å². The zero-order chi connectivity index (χ0) is 11.9. The summed E-state index contributed by atoms with van der Waals surface area (Å²) in [6.45, 7) is 4.63. The molecule has 0 radical (unpaired) electrons. The van der Waals surface area contributed by atoms with E-state index < -0.39 is 10.0 Å². The van der Waals surface area contributed by atoms with Crippen LogP contribution in [-0.4, -0.2) is 16.5 Å². The van der Waals surface area contributed by atoms with E-state index in [-0.39, 0.29) is 0 Å². The minimum Gasteiger partial charge on any atom is -0.264 e. The van der Waals surface area contributed by atoms with E-state index >= 15 is 0 Å². The average molecular weight is 243 g/mol. The molecule has 1 aromatic carbocycles. The Hall–Kier alpha value is -1.28. The third kappa shape index (κ3) is 1.31. The Balaban J connectivity index is 2.38. The van der Waals surface area contributed by atoms with Crippen LogP contribution in [0, 0.1) is 0 Å². The number of hydrogen-bond acceptors (Lipinski definition) is 1. The number of fused-ring (bicyclic) bond motifs is 3. The van der Waals surface area contributed by atoms with Gasteiger partial charge in [-0.05, 0) is 34.8 Å². The summed E-state index contributed by atoms with van der Waals surface area (Å²) in [5.41, 5.74) is 2.85. The van der Waals surface area contributed by atoms with Gasteiger partial charge in [-0.3, -0.25) is 4.98 Å². The van der Waals surface area contributed by atoms with Gasteiger partial charge in [0.15, 0.2) is 0 Å². The molecular weight excluding hydrogens is 226 g/mol. The molecule has 0 saturated heterocycles. The van der Waals surface area contributed by atoms with Gasteiger partial charge >= 0.3 is 0 Å². The molecule has 0 atom stereocenters. The van der Waals surface area contributed by atoms with Crippen LogP contribution in [0.3, 0.4) is 0 Å². The van der Waals surface area contributed by atoms with E-state index in [1.54, 1.807) is 4.90 Å². The Morgan fingerprint density at radius 1 is 0.941 bits per heavy atom. The number of hydrogen-bond donors (Lipinski definition) is 0. The SMILES string of the molecule is CCS1(CC)c2ccccc2-c2ccncc21. The molecule has 1 aliphatic heterocycles. The van der Waals surface area contributed by atoms with Crippen molar-refractivity contribution >= 4 is 10.0 Å². The lowest BCUT2D eigenvalue weighted by molar-refractivity contribution is 1.23. The largest absolute Gasteiger partial charge is 0.264 e. The molecule has 0 unspecified atom stereocenters. The maximum absolute atomic E-state index is 4.35. The van der Waals surface area contributed by atoms with Gasteiger partial charge in [0.25, 0.3) is 0 Å². The smallest absolute Gasteiger partial charge is 0.0398 e. The van der Waals surface area contributed by atoms with Crippen LogP contribution in [0.15, 0.2) is 52.5 Å². The lowest BCUT2D eigenvalue weighted by Crippen LogP contribution is -2.04. The summed E-state index contributed by atoms with van der Waals surface area (Å²) < 4.78 is 0. The van der Waals surface area contributed by atoms with Crippen LogP contribution in [0.5, 0.6) is 0 Å². The summed E-state index contributed by atoms with van der Waals surface area (Å²) >= 11 is 0. The minimum atomic E-state index is -0.818. The van der Waals surface area contributed by atoms with Gasteiger partial charge in [0.05, 0.1) is 0 Å². The number of nitrogens with zero attached hydrogens (tertiary/aromatic N) is 1. The van der Waals surface area contributed by atoms with Gasteiger partial charge in [0.1, 0.15) is 0 Å². The summed E-state index contributed by atoms with van der Waals surface area (Å²) in [6, 6.07) is 11.1. The highest BCUT2D eigenvalue weighted by atomic mass is 32.3. The molecule has 17 heavy (non-hydrogen) atoms. The van der Waals surface area contributed by atoms with Crippen LogP contribution in [0.2, 0.25) is 0 Å². The van der Waals surface area contributed by atoms with E-state index in [1.807, 2.05) is 6.20 Å². The van der Waals surface area contributed by atoms with Crippen LogP contribution >= 0.6 is 10.0 Å². The van der Waals surface area contributed by atoms with Crippen molar-refractivity contribution in [2.75, 3.05) is 11.5 Å². The molecule has 2 heteroatoms. The third-order valence-electron chi connectivity index (χ3n) is 3.79. The van der Waals surface area contributed by atoms with Crippen LogP contribution in [-0.2, 0) is 0 Å². The zero-order valence-electron chi connectivity index (χ0n) is 10.3. The van der Waals surface area contributed by atoms with Crippen LogP contribution < -0.4 is 0 Å². The second kappa shape index (κ2) is 3.88. The lowest BCUT2D eigenvalue weighted by Gasteiger charge is -2.35. The summed E-state index contributed by atoms with van der Waals surface area (Å²) in [5.74, 6) is 2.44. The summed E-state index contributed by atoms with van der Waals surface area (Å²) in [4.78, 5) is 7.41. The van der Waals surface area contributed by atoms with Crippen molar-refractivity contribution in [3.8, 4) is 11.1 Å². The lowest BCUT2D eigenvalue weighted by atomic mass is 10.1. The molecule has 2 aromatic rings. The molecule has 0 spiro atoms. The van der Waals surface area contributed by atoms with E-state index in [0.29, 0.717) is 0 Å². The highest BCUT2D eigenvalue weighted by Crippen LogP contribution is 2.70. The molecule has 2 heterocycles. The first-order chi connectivity index (χ1) is 8.33. The first-order valence-electron chi connectivity index (χ1n) is 6.15. The van der Waals surface area contributed by atoms with E-state index in [9.17, 15) is 0 Å². The summed E-state index contributed by atoms with van der Waals surface area (Å²) in [5, 5.41) is 0. The highest BCUT2D eigenvalue weighted by molar-refractivity contribution is 8.34. The van der Waals surface area contributed by atoms with E-state index in [4.69, 9.17) is 0 Å². The predicted octanol–water partition coefficient (Wildman–Crippen LogP) is 4.32. The fraction of sp³-hybridized carbons (Fsp3) is 0.267. The molecule has 3 rings (SSSR count). The Morgan fingerprint density at radius 3 is 2.41 bits per heavy atom. The highest BCUT2D eigenvalue weighted by Gasteiger charge is 2.35. The van der Waals surface area contributed by atoms with E-state index in [1.165, 1.54) is 27.5 Å². The molecule has 1 nitrogen and oxygen atoms in total. The summed E-state index contributed by atoms with van der Waals surface area (Å²) in [6.07, 6.45) is 4.01. The molecule has 0 amide bonds. The van der Waals surface area contributed by atoms with Crippen LogP contribution in [0.4, 0.5) is 0 Å². The molecule has 0 saturated carbocycles. The van der Waals surface area contributed by atoms with Crippen molar-refractivity contribution in [3.63, 3.8) is 0 Å². The van der Waals surface area contributed by atoms with Crippen molar-refractivity contribution in [1.29, 1.82) is 0 Å². The fourth-order valence-electron chi connectivity index (χ4n) is 2.89. The Morgan fingerprint density at radius 2 is 1.65 bits per heavy atom. The zero-order valence-corrected chi connectivity index (χ0v) is 11.1. The van der Waals surface area contributed by atoms with Crippen molar-refractivity contribution in [2.45, 2.75) is 23.6 Å². The predicted molar refractivity (Wildman–Crippen MR) is 74.9 cm³/mol. The molecule has 0 N–H and O–H groups in total. The summed E-state index contributed by atoms with van der Waals surface area (Å²) in [7, 11) is -0.818. The number of pyridine rings is 1. The van der Waals surface area contributed by atoms with Crippen LogP contribution in [0.25, 0.3) is 11.1 Å². The molecule has 0 fully saturated rings. The monoisotopic (exact) mass is 243 g/mol. The molecule has 0 bridgehead atoms. The van der Waals surface area contributed by atoms with E-state index in [0.717, 1.165) is 0 Å². The quantitative estimate of drug-likeness (QED) is 0.765. The standard InChI is InChI=1S/C15H17NS/c1-3-17(4-2)14-8-6-5-7-12(14)13-9-10-16-11-15(13)17/h5-11H,3-4H2,1-2H3. The maximum Gasteiger partial charge on any atom is 0.0398 e. The topological polar surface area (TPSA) is 12.9 Å². The Bertz CT molecular complexity index is 511. The van der Waals surface area contributed by atoms with Gasteiger partial charge in [-0.25, -0.2) is 0 Å². The van der Waals surface area contributed by atoms with E-state index in [2.05, 4.69) is 55.4 Å². The van der Waals surface area contributed by atoms with Crippen molar-refractivity contribution < 1.29 is 0 Å². The van der Waals surface area contributed by atoms with Crippen LogP contribution in [0.1, 0.15) is 13.8 Å². The average Bonchev–Trinajstić information content (AvgIpc) is 2.70. The Labute approximate surface area is 104 Å². The second-order valence-corrected chi connectivity index (χ2v) is 8.13. The van der Waals surface area contributed by atoms with Gasteiger partial charge in [0, 0.05) is 22.2 Å². The van der Waals surface area contributed by atoms with Gasteiger partial charge in [-0.2, -0.15) is 10.0 Å². The van der Waals surface area contributed by atoms with Crippen molar-refractivity contribution in [1.82, 2.24) is 4.98 Å². The molecular formula is C15H17NS. The number of benzene rings is 1. The first-order valence-corrected chi connectivity index (χ1v) is 8.13. The Kier molecular flexibility index (Phi) is 2.48. The van der Waals surface area contributed by atoms with Gasteiger partial charge < -0.3 is 0 Å². The fourth-order valence-corrected chi connectivity index (χ4v) is 6.58.